The Morgan fingerprint density at radius 1 is 1.14 bits per heavy atom. The molecule has 0 fully saturated rings. The number of methoxy groups -OCH3 is 2. The van der Waals surface area contributed by atoms with Gasteiger partial charge in [0.05, 0.1) is 32.2 Å². The standard InChI is InChI=1S/C20H17ClF2N2O4/c1-10-19(13-5-4-11(22)6-14(13)23)25(24-15(9-26)20(10)27)12-7-16(28-2)18(21)17(8-12)29-3/h4-8,26H,9H2,1-3H3. The van der Waals surface area contributed by atoms with Crippen molar-refractivity contribution in [3.8, 4) is 28.4 Å². The van der Waals surface area contributed by atoms with E-state index in [-0.39, 0.29) is 39.0 Å². The molecule has 2 aromatic carbocycles. The molecule has 0 unspecified atom stereocenters. The number of aromatic nitrogens is 2. The van der Waals surface area contributed by atoms with E-state index in [1.807, 2.05) is 0 Å². The van der Waals surface area contributed by atoms with Crippen molar-refractivity contribution in [1.82, 2.24) is 9.78 Å². The molecule has 0 bridgehead atoms. The summed E-state index contributed by atoms with van der Waals surface area (Å²) < 4.78 is 39.8. The normalized spacial score (nSPS) is 10.9. The van der Waals surface area contributed by atoms with E-state index in [4.69, 9.17) is 21.1 Å². The first kappa shape index (κ1) is 20.8. The first-order chi connectivity index (χ1) is 13.8. The molecule has 1 aromatic heterocycles. The van der Waals surface area contributed by atoms with Gasteiger partial charge in [-0.3, -0.25) is 4.79 Å². The van der Waals surface area contributed by atoms with Crippen molar-refractivity contribution in [2.45, 2.75) is 13.5 Å². The first-order valence-electron chi connectivity index (χ1n) is 8.43. The highest BCUT2D eigenvalue weighted by molar-refractivity contribution is 6.33. The van der Waals surface area contributed by atoms with Crippen LogP contribution >= 0.6 is 11.6 Å². The maximum atomic E-state index is 14.6. The number of benzene rings is 2. The molecule has 0 aliphatic rings. The number of hydrogen-bond acceptors (Lipinski definition) is 5. The Balaban J connectivity index is 2.43. The molecular weight excluding hydrogens is 406 g/mol. The van der Waals surface area contributed by atoms with Gasteiger partial charge in [-0.05, 0) is 19.1 Å². The SMILES string of the molecule is COc1cc(-n2nc(CO)c(=O)c(C)c2-c2ccc(F)cc2F)cc(OC)c1Cl. The number of ether oxygens (including phenoxy) is 2. The molecule has 0 spiro atoms. The van der Waals surface area contributed by atoms with Crippen LogP contribution in [0.3, 0.4) is 0 Å². The van der Waals surface area contributed by atoms with Crippen LogP contribution in [0.4, 0.5) is 8.78 Å². The molecule has 9 heteroatoms. The molecule has 3 rings (SSSR count). The minimum Gasteiger partial charge on any atom is -0.495 e. The molecule has 6 nitrogen and oxygen atoms in total. The second-order valence-electron chi connectivity index (χ2n) is 6.11. The van der Waals surface area contributed by atoms with Crippen molar-refractivity contribution >= 4 is 11.6 Å². The van der Waals surface area contributed by atoms with Gasteiger partial charge in [0.15, 0.2) is 0 Å². The van der Waals surface area contributed by atoms with Crippen molar-refractivity contribution in [3.05, 3.63) is 68.5 Å². The van der Waals surface area contributed by atoms with E-state index in [1.165, 1.54) is 44.0 Å². The zero-order valence-corrected chi connectivity index (χ0v) is 16.6. The summed E-state index contributed by atoms with van der Waals surface area (Å²) in [6.07, 6.45) is 0. The Morgan fingerprint density at radius 3 is 2.28 bits per heavy atom. The highest BCUT2D eigenvalue weighted by Crippen LogP contribution is 2.37. The average Bonchev–Trinajstić information content (AvgIpc) is 2.71. The maximum absolute atomic E-state index is 14.6. The summed E-state index contributed by atoms with van der Waals surface area (Å²) in [7, 11) is 2.82. The lowest BCUT2D eigenvalue weighted by Gasteiger charge is -2.19. The molecule has 0 aliphatic heterocycles. The van der Waals surface area contributed by atoms with Gasteiger partial charge < -0.3 is 14.6 Å². The van der Waals surface area contributed by atoms with Crippen LogP contribution in [0, 0.1) is 18.6 Å². The van der Waals surface area contributed by atoms with E-state index in [2.05, 4.69) is 5.10 Å². The third-order valence-electron chi connectivity index (χ3n) is 4.40. The third-order valence-corrected chi connectivity index (χ3v) is 4.77. The fourth-order valence-electron chi connectivity index (χ4n) is 2.96. The molecule has 0 amide bonds. The summed E-state index contributed by atoms with van der Waals surface area (Å²) in [5.74, 6) is -1.11. The lowest BCUT2D eigenvalue weighted by atomic mass is 10.0. The lowest BCUT2D eigenvalue weighted by molar-refractivity contribution is 0.273. The maximum Gasteiger partial charge on any atom is 0.209 e. The van der Waals surface area contributed by atoms with Crippen LogP contribution in [0.15, 0.2) is 35.1 Å². The van der Waals surface area contributed by atoms with Crippen molar-refractivity contribution < 1.29 is 23.4 Å². The number of rotatable bonds is 5. The third kappa shape index (κ3) is 3.68. The summed E-state index contributed by atoms with van der Waals surface area (Å²) >= 11 is 6.21. The second-order valence-corrected chi connectivity index (χ2v) is 6.49. The zero-order chi connectivity index (χ0) is 21.3. The number of aliphatic hydroxyl groups is 1. The predicted octanol–water partition coefficient (Wildman–Crippen LogP) is 3.65. The molecule has 3 aromatic rings. The molecule has 0 radical (unpaired) electrons. The Bertz CT molecular complexity index is 1120. The zero-order valence-electron chi connectivity index (χ0n) is 15.8. The van der Waals surface area contributed by atoms with Gasteiger partial charge in [-0.25, -0.2) is 13.5 Å². The molecule has 0 atom stereocenters. The topological polar surface area (TPSA) is 73.6 Å². The van der Waals surface area contributed by atoms with Crippen molar-refractivity contribution in [1.29, 1.82) is 0 Å². The first-order valence-corrected chi connectivity index (χ1v) is 8.81. The average molecular weight is 423 g/mol. The van der Waals surface area contributed by atoms with Gasteiger partial charge in [-0.1, -0.05) is 11.6 Å². The van der Waals surface area contributed by atoms with Crippen molar-refractivity contribution in [2.24, 2.45) is 0 Å². The van der Waals surface area contributed by atoms with Gasteiger partial charge in [-0.15, -0.1) is 0 Å². The molecule has 152 valence electrons. The Hall–Kier alpha value is -2.97. The monoisotopic (exact) mass is 422 g/mol. The molecule has 1 N–H and O–H groups in total. The number of hydrogen-bond donors (Lipinski definition) is 1. The van der Waals surface area contributed by atoms with Crippen LogP contribution in [0.1, 0.15) is 11.3 Å². The summed E-state index contributed by atoms with van der Waals surface area (Å²) in [6.45, 7) is 0.857. The van der Waals surface area contributed by atoms with E-state index in [0.717, 1.165) is 6.07 Å². The summed E-state index contributed by atoms with van der Waals surface area (Å²) in [5.41, 5.74) is -0.166. The summed E-state index contributed by atoms with van der Waals surface area (Å²) in [4.78, 5) is 12.6. The Morgan fingerprint density at radius 2 is 1.76 bits per heavy atom. The largest absolute Gasteiger partial charge is 0.495 e. The van der Waals surface area contributed by atoms with E-state index in [1.54, 1.807) is 0 Å². The highest BCUT2D eigenvalue weighted by atomic mass is 35.5. The van der Waals surface area contributed by atoms with E-state index in [9.17, 15) is 18.7 Å². The van der Waals surface area contributed by atoms with E-state index < -0.39 is 23.7 Å². The predicted molar refractivity (Wildman–Crippen MR) is 104 cm³/mol. The Kier molecular flexibility index (Phi) is 5.86. The van der Waals surface area contributed by atoms with Crippen LogP contribution < -0.4 is 14.9 Å². The number of nitrogens with zero attached hydrogens (tertiary/aromatic N) is 2. The molecule has 0 saturated heterocycles. The van der Waals surface area contributed by atoms with Gasteiger partial charge in [0.25, 0.3) is 0 Å². The van der Waals surface area contributed by atoms with Crippen molar-refractivity contribution in [3.63, 3.8) is 0 Å². The van der Waals surface area contributed by atoms with Gasteiger partial charge >= 0.3 is 0 Å². The molecule has 0 aliphatic carbocycles. The summed E-state index contributed by atoms with van der Waals surface area (Å²) in [6, 6.07) is 6.05. The van der Waals surface area contributed by atoms with Crippen LogP contribution in [0.25, 0.3) is 16.9 Å². The van der Waals surface area contributed by atoms with Crippen LogP contribution in [0.5, 0.6) is 11.5 Å². The fourth-order valence-corrected chi connectivity index (χ4v) is 3.23. The minimum absolute atomic E-state index is 0.0362. The van der Waals surface area contributed by atoms with Crippen LogP contribution in [-0.4, -0.2) is 29.1 Å². The minimum atomic E-state index is -0.868. The van der Waals surface area contributed by atoms with Crippen LogP contribution in [-0.2, 0) is 6.61 Å². The molecule has 29 heavy (non-hydrogen) atoms. The van der Waals surface area contributed by atoms with Crippen molar-refractivity contribution in [2.75, 3.05) is 14.2 Å². The highest BCUT2D eigenvalue weighted by Gasteiger charge is 2.21. The van der Waals surface area contributed by atoms with E-state index in [0.29, 0.717) is 11.8 Å². The number of aliphatic hydroxyl groups excluding tert-OH is 1. The summed E-state index contributed by atoms with van der Waals surface area (Å²) in [5, 5.41) is 13.9. The lowest BCUT2D eigenvalue weighted by Crippen LogP contribution is -2.22. The fraction of sp³-hybridized carbons (Fsp3) is 0.200. The van der Waals surface area contributed by atoms with Gasteiger partial charge in [-0.2, -0.15) is 5.10 Å². The quantitative estimate of drug-likeness (QED) is 0.679. The smallest absolute Gasteiger partial charge is 0.209 e. The van der Waals surface area contributed by atoms with Crippen LogP contribution in [0.2, 0.25) is 5.02 Å². The molecule has 0 saturated carbocycles. The number of halogens is 3. The van der Waals surface area contributed by atoms with E-state index >= 15 is 0 Å². The van der Waals surface area contributed by atoms with Gasteiger partial charge in [0.2, 0.25) is 5.43 Å². The van der Waals surface area contributed by atoms with Gasteiger partial charge in [0.1, 0.15) is 33.9 Å². The Labute approximate surface area is 169 Å². The van der Waals surface area contributed by atoms with Gasteiger partial charge in [0, 0.05) is 29.3 Å². The second kappa shape index (κ2) is 8.18. The molecule has 1 heterocycles. The molecular formula is C20H17ClF2N2O4.